The van der Waals surface area contributed by atoms with Crippen molar-refractivity contribution in [1.29, 1.82) is 0 Å². The summed E-state index contributed by atoms with van der Waals surface area (Å²) in [5.74, 6) is 2.29. The lowest BCUT2D eigenvalue weighted by Gasteiger charge is -2.58. The van der Waals surface area contributed by atoms with Crippen molar-refractivity contribution in [3.63, 3.8) is 0 Å². The molecule has 1 aromatic carbocycles. The van der Waals surface area contributed by atoms with Crippen LogP contribution < -0.4 is 0 Å². The van der Waals surface area contributed by atoms with E-state index in [2.05, 4.69) is 15.9 Å². The molecule has 6 unspecified atom stereocenters. The van der Waals surface area contributed by atoms with Crippen LogP contribution >= 0.6 is 15.9 Å². The first-order valence-electron chi connectivity index (χ1n) is 8.59. The number of hydrogen-bond donors (Lipinski definition) is 0. The zero-order chi connectivity index (χ0) is 17.9. The second-order valence-electron chi connectivity index (χ2n) is 7.77. The van der Waals surface area contributed by atoms with Gasteiger partial charge in [0.15, 0.2) is 0 Å². The van der Waals surface area contributed by atoms with Crippen LogP contribution in [-0.4, -0.2) is 23.2 Å². The monoisotopic (exact) mass is 428 g/mol. The molecule has 4 aliphatic rings. The van der Waals surface area contributed by atoms with Gasteiger partial charge in [-0.25, -0.2) is 8.42 Å². The highest BCUT2D eigenvalue weighted by Crippen LogP contribution is 2.63. The maximum absolute atomic E-state index is 11.8. The van der Waals surface area contributed by atoms with Crippen molar-refractivity contribution in [2.24, 2.45) is 29.6 Å². The number of nitro groups is 1. The molecule has 0 spiro atoms. The number of nitro benzene ring substituents is 1. The fourth-order valence-electron chi connectivity index (χ4n) is 5.90. The van der Waals surface area contributed by atoms with Crippen molar-refractivity contribution in [3.05, 3.63) is 33.9 Å². The molecule has 0 amide bonds. The van der Waals surface area contributed by atoms with Crippen molar-refractivity contribution in [2.45, 2.75) is 36.5 Å². The molecule has 0 aliphatic heterocycles. The molecule has 4 bridgehead atoms. The first kappa shape index (κ1) is 17.4. The fraction of sp³-hybridized carbons (Fsp3) is 0.647. The molecule has 6 atom stereocenters. The summed E-state index contributed by atoms with van der Waals surface area (Å²) in [5.41, 5.74) is 0.232. The van der Waals surface area contributed by atoms with E-state index in [1.807, 2.05) is 0 Å². The van der Waals surface area contributed by atoms with Crippen LogP contribution in [0.4, 0.5) is 5.69 Å². The Morgan fingerprint density at radius 2 is 1.88 bits per heavy atom. The Morgan fingerprint density at radius 3 is 2.52 bits per heavy atom. The lowest BCUT2D eigenvalue weighted by atomic mass is 9.47. The Balaban J connectivity index is 1.85. The van der Waals surface area contributed by atoms with Crippen molar-refractivity contribution in [3.8, 4) is 0 Å². The third-order valence-corrected chi connectivity index (χ3v) is 8.28. The summed E-state index contributed by atoms with van der Waals surface area (Å²) >= 11 is 3.61. The van der Waals surface area contributed by atoms with E-state index >= 15 is 0 Å². The highest BCUT2D eigenvalue weighted by atomic mass is 79.9. The normalized spacial score (nSPS) is 36.6. The molecule has 0 heterocycles. The van der Waals surface area contributed by atoms with Gasteiger partial charge in [0.1, 0.15) is 10.1 Å². The lowest BCUT2D eigenvalue weighted by Crippen LogP contribution is -2.50. The molecule has 4 saturated carbocycles. The number of halogens is 1. The molecule has 0 aromatic heterocycles. The second-order valence-corrected chi connectivity index (χ2v) is 9.77. The minimum absolute atomic E-state index is 0.0750. The van der Waals surface area contributed by atoms with Gasteiger partial charge in [-0.2, -0.15) is 0 Å². The van der Waals surface area contributed by atoms with Gasteiger partial charge < -0.3 is 4.55 Å². The van der Waals surface area contributed by atoms with E-state index in [-0.39, 0.29) is 22.4 Å². The van der Waals surface area contributed by atoms with Crippen LogP contribution in [0, 0.1) is 39.7 Å². The Kier molecular flexibility index (Phi) is 4.20. The summed E-state index contributed by atoms with van der Waals surface area (Å²) in [4.78, 5) is 10.4. The van der Waals surface area contributed by atoms with Gasteiger partial charge in [0, 0.05) is 17.5 Å². The van der Waals surface area contributed by atoms with Crippen molar-refractivity contribution in [2.75, 3.05) is 5.33 Å². The summed E-state index contributed by atoms with van der Waals surface area (Å²) in [6, 6.07) is 3.58. The van der Waals surface area contributed by atoms with E-state index < -0.39 is 15.0 Å². The minimum Gasteiger partial charge on any atom is -0.744 e. The molecule has 0 radical (unpaired) electrons. The maximum Gasteiger partial charge on any atom is 0.269 e. The molecule has 4 aliphatic carbocycles. The SMILES string of the molecule is O=[N+]([O-])c1ccc(S(=O)(=O)[O-])c(C2C3CC4CC(C3)C(CBr)C2C4)c1. The summed E-state index contributed by atoms with van der Waals surface area (Å²) in [7, 11) is -4.67. The molecule has 136 valence electrons. The van der Waals surface area contributed by atoms with E-state index in [9.17, 15) is 23.1 Å². The van der Waals surface area contributed by atoms with Gasteiger partial charge in [-0.05, 0) is 72.8 Å². The number of rotatable bonds is 4. The highest BCUT2D eigenvalue weighted by Gasteiger charge is 2.54. The smallest absolute Gasteiger partial charge is 0.269 e. The molecule has 8 heteroatoms. The van der Waals surface area contributed by atoms with Crippen molar-refractivity contribution in [1.82, 2.24) is 0 Å². The maximum atomic E-state index is 11.8. The molecule has 25 heavy (non-hydrogen) atoms. The van der Waals surface area contributed by atoms with Crippen LogP contribution in [0.25, 0.3) is 0 Å². The molecule has 6 nitrogen and oxygen atoms in total. The molecular formula is C17H19BrNO5S-. The first-order chi connectivity index (χ1) is 11.8. The predicted octanol–water partition coefficient (Wildman–Crippen LogP) is 3.66. The topological polar surface area (TPSA) is 100 Å². The zero-order valence-corrected chi connectivity index (χ0v) is 15.9. The van der Waals surface area contributed by atoms with E-state index in [1.165, 1.54) is 12.5 Å². The summed E-state index contributed by atoms with van der Waals surface area (Å²) in [5, 5.41) is 12.0. The van der Waals surface area contributed by atoms with Crippen LogP contribution in [0.15, 0.2) is 23.1 Å². The highest BCUT2D eigenvalue weighted by molar-refractivity contribution is 9.09. The Labute approximate surface area is 155 Å². The van der Waals surface area contributed by atoms with Crippen molar-refractivity contribution < 1.29 is 17.9 Å². The predicted molar refractivity (Wildman–Crippen MR) is 93.5 cm³/mol. The van der Waals surface area contributed by atoms with Crippen LogP contribution in [0.5, 0.6) is 0 Å². The molecule has 0 N–H and O–H groups in total. The largest absolute Gasteiger partial charge is 0.744 e. The minimum atomic E-state index is -4.67. The zero-order valence-electron chi connectivity index (χ0n) is 13.5. The second kappa shape index (κ2) is 6.03. The number of alkyl halides is 1. The van der Waals surface area contributed by atoms with E-state index in [0.29, 0.717) is 29.2 Å². The molecule has 4 fully saturated rings. The van der Waals surface area contributed by atoms with Gasteiger partial charge in [-0.15, -0.1) is 0 Å². The molecule has 5 rings (SSSR count). The van der Waals surface area contributed by atoms with Gasteiger partial charge in [-0.1, -0.05) is 15.9 Å². The number of nitrogens with zero attached hydrogens (tertiary/aromatic N) is 1. The fourth-order valence-corrected chi connectivity index (χ4v) is 7.63. The summed E-state index contributed by atoms with van der Waals surface area (Å²) < 4.78 is 35.4. The van der Waals surface area contributed by atoms with E-state index in [1.54, 1.807) is 0 Å². The molecule has 1 aromatic rings. The van der Waals surface area contributed by atoms with Gasteiger partial charge in [0.05, 0.1) is 9.82 Å². The van der Waals surface area contributed by atoms with Gasteiger partial charge in [-0.3, -0.25) is 10.1 Å². The van der Waals surface area contributed by atoms with E-state index in [0.717, 1.165) is 36.7 Å². The van der Waals surface area contributed by atoms with E-state index in [4.69, 9.17) is 0 Å². The third kappa shape index (κ3) is 2.82. The third-order valence-electron chi connectivity index (χ3n) is 6.62. The Morgan fingerprint density at radius 1 is 1.16 bits per heavy atom. The number of hydrogen-bond acceptors (Lipinski definition) is 5. The first-order valence-corrected chi connectivity index (χ1v) is 11.1. The Bertz CT molecular complexity index is 826. The van der Waals surface area contributed by atoms with Gasteiger partial charge in [0.25, 0.3) is 5.69 Å². The lowest BCUT2D eigenvalue weighted by molar-refractivity contribution is -0.385. The number of benzene rings is 1. The summed E-state index contributed by atoms with van der Waals surface area (Å²) in [6.07, 6.45) is 4.31. The summed E-state index contributed by atoms with van der Waals surface area (Å²) in [6.45, 7) is 0. The Hall–Kier alpha value is -0.990. The van der Waals surface area contributed by atoms with Crippen molar-refractivity contribution >= 4 is 31.7 Å². The average molecular weight is 429 g/mol. The average Bonchev–Trinajstić information content (AvgIpc) is 2.53. The van der Waals surface area contributed by atoms with Gasteiger partial charge in [0.2, 0.25) is 0 Å². The van der Waals surface area contributed by atoms with Crippen LogP contribution in [0.1, 0.15) is 37.2 Å². The van der Waals surface area contributed by atoms with Crippen LogP contribution in [0.2, 0.25) is 0 Å². The van der Waals surface area contributed by atoms with Crippen LogP contribution in [0.3, 0.4) is 0 Å². The standard InChI is InChI=1S/C17H20BrNO5S/c18-8-15-10-3-9-4-11(6-10)17(13(15)5-9)14-7-12(19(20)21)1-2-16(14)25(22,23)24/h1-2,7,9-11,13,15,17H,3-6,8H2,(H,22,23,24)/p-1. The van der Waals surface area contributed by atoms with Crippen LogP contribution in [-0.2, 0) is 10.1 Å². The quantitative estimate of drug-likeness (QED) is 0.315. The van der Waals surface area contributed by atoms with Gasteiger partial charge >= 0.3 is 0 Å². The molecular weight excluding hydrogens is 410 g/mol. The number of non-ortho nitro benzene ring substituents is 1. The molecule has 0 saturated heterocycles.